The van der Waals surface area contributed by atoms with Crippen molar-refractivity contribution in [3.63, 3.8) is 0 Å². The minimum Gasteiger partial charge on any atom is -0.507 e. The zero-order valence-corrected chi connectivity index (χ0v) is 9.03. The number of hydrogen-bond donors (Lipinski definition) is 2. The highest BCUT2D eigenvalue weighted by atomic mass is 32.2. The Morgan fingerprint density at radius 1 is 1.07 bits per heavy atom. The summed E-state index contributed by atoms with van der Waals surface area (Å²) < 4.78 is 5.01. The SMILES string of the molecule is CO[SH+]c1ccc(O)c2cccc(O)c12. The second-order valence-electron chi connectivity index (χ2n) is 3.08. The Kier molecular flexibility index (Phi) is 2.70. The lowest BCUT2D eigenvalue weighted by atomic mass is 10.1. The number of hydrogen-bond acceptors (Lipinski definition) is 3. The zero-order valence-electron chi connectivity index (χ0n) is 8.14. The third kappa shape index (κ3) is 1.73. The molecule has 0 bridgehead atoms. The largest absolute Gasteiger partial charge is 0.507 e. The molecule has 0 amide bonds. The summed E-state index contributed by atoms with van der Waals surface area (Å²) in [6, 6.07) is 8.39. The van der Waals surface area contributed by atoms with E-state index >= 15 is 0 Å². The van der Waals surface area contributed by atoms with Gasteiger partial charge < -0.3 is 10.2 Å². The van der Waals surface area contributed by atoms with Crippen molar-refractivity contribution < 1.29 is 14.4 Å². The molecule has 4 heteroatoms. The Morgan fingerprint density at radius 2 is 1.87 bits per heavy atom. The topological polar surface area (TPSA) is 49.7 Å². The van der Waals surface area contributed by atoms with Crippen LogP contribution in [0.1, 0.15) is 0 Å². The summed E-state index contributed by atoms with van der Waals surface area (Å²) in [7, 11) is 1.58. The van der Waals surface area contributed by atoms with Gasteiger partial charge in [-0.15, -0.1) is 0 Å². The molecule has 0 aliphatic heterocycles. The first-order valence-corrected chi connectivity index (χ1v) is 5.23. The second-order valence-corrected chi connectivity index (χ2v) is 4.11. The number of thiol groups is 1. The fourth-order valence-electron chi connectivity index (χ4n) is 1.53. The van der Waals surface area contributed by atoms with Crippen molar-refractivity contribution in [2.45, 2.75) is 4.90 Å². The standard InChI is InChI=1S/C11H10O3S/c1-14-15-10-6-5-8(12)7-3-2-4-9(13)11(7)10/h2-6,12-13H,1H3/p+1. The molecule has 2 aromatic carbocycles. The fourth-order valence-corrected chi connectivity index (χ4v) is 2.19. The van der Waals surface area contributed by atoms with Crippen LogP contribution >= 0.6 is 0 Å². The van der Waals surface area contributed by atoms with Gasteiger partial charge in [0.2, 0.25) is 0 Å². The molecule has 0 heterocycles. The molecule has 0 aliphatic rings. The first-order chi connectivity index (χ1) is 7.24. The number of phenols is 2. The molecule has 0 atom stereocenters. The molecular weight excluding hydrogens is 212 g/mol. The first kappa shape index (κ1) is 10.1. The summed E-state index contributed by atoms with van der Waals surface area (Å²) in [4.78, 5) is 0.836. The summed E-state index contributed by atoms with van der Waals surface area (Å²) in [6.07, 6.45) is 0. The van der Waals surface area contributed by atoms with E-state index in [1.807, 2.05) is 0 Å². The van der Waals surface area contributed by atoms with Crippen molar-refractivity contribution in [3.05, 3.63) is 30.3 Å². The smallest absolute Gasteiger partial charge is 0.199 e. The van der Waals surface area contributed by atoms with Crippen molar-refractivity contribution in [2.24, 2.45) is 0 Å². The summed E-state index contributed by atoms with van der Waals surface area (Å²) in [6.45, 7) is 0. The molecule has 15 heavy (non-hydrogen) atoms. The maximum atomic E-state index is 9.73. The minimum atomic E-state index is 0.156. The summed E-state index contributed by atoms with van der Waals surface area (Å²) in [5, 5.41) is 20.6. The second kappa shape index (κ2) is 4.00. The van der Waals surface area contributed by atoms with Gasteiger partial charge in [-0.1, -0.05) is 12.1 Å². The molecule has 0 aromatic heterocycles. The Morgan fingerprint density at radius 3 is 2.60 bits per heavy atom. The predicted octanol–water partition coefficient (Wildman–Crippen LogP) is 1.99. The number of aromatic hydroxyl groups is 2. The lowest BCUT2D eigenvalue weighted by molar-refractivity contribution is 0.472. The minimum absolute atomic E-state index is 0.156. The molecule has 0 aliphatic carbocycles. The van der Waals surface area contributed by atoms with Crippen molar-refractivity contribution in [3.8, 4) is 11.5 Å². The molecule has 0 saturated carbocycles. The van der Waals surface area contributed by atoms with Gasteiger partial charge >= 0.3 is 0 Å². The van der Waals surface area contributed by atoms with E-state index in [4.69, 9.17) is 4.18 Å². The molecule has 2 rings (SSSR count). The van der Waals surface area contributed by atoms with Crippen LogP contribution in [0.25, 0.3) is 10.8 Å². The van der Waals surface area contributed by atoms with Crippen LogP contribution in [0.5, 0.6) is 11.5 Å². The van der Waals surface area contributed by atoms with E-state index in [0.29, 0.717) is 22.8 Å². The monoisotopic (exact) mass is 223 g/mol. The highest BCUT2D eigenvalue weighted by Gasteiger charge is 2.14. The van der Waals surface area contributed by atoms with Gasteiger partial charge in [-0.3, -0.25) is 0 Å². The van der Waals surface area contributed by atoms with E-state index in [-0.39, 0.29) is 11.5 Å². The summed E-state index contributed by atoms with van der Waals surface area (Å²) in [5.41, 5.74) is 0. The highest BCUT2D eigenvalue weighted by molar-refractivity contribution is 7.73. The average Bonchev–Trinajstić information content (AvgIpc) is 2.23. The number of rotatable bonds is 2. The van der Waals surface area contributed by atoms with Crippen LogP contribution < -0.4 is 0 Å². The molecule has 2 aromatic rings. The zero-order chi connectivity index (χ0) is 10.8. The van der Waals surface area contributed by atoms with E-state index in [1.165, 1.54) is 0 Å². The van der Waals surface area contributed by atoms with Crippen LogP contribution in [0.3, 0.4) is 0 Å². The molecular formula is C11H11O3S+. The fraction of sp³-hybridized carbons (Fsp3) is 0.0909. The third-order valence-corrected chi connectivity index (χ3v) is 2.92. The normalized spacial score (nSPS) is 10.7. The highest BCUT2D eigenvalue weighted by Crippen LogP contribution is 2.34. The molecule has 3 nitrogen and oxygen atoms in total. The van der Waals surface area contributed by atoms with E-state index in [9.17, 15) is 10.2 Å². The molecule has 0 radical (unpaired) electrons. The lowest BCUT2D eigenvalue weighted by Crippen LogP contribution is -1.87. The van der Waals surface area contributed by atoms with Crippen molar-refractivity contribution >= 4 is 22.8 Å². The number of phenolic OH excluding ortho intramolecular Hbond substituents is 2. The summed E-state index contributed by atoms with van der Waals surface area (Å²) in [5.74, 6) is 0.318. The van der Waals surface area contributed by atoms with E-state index in [2.05, 4.69) is 0 Å². The van der Waals surface area contributed by atoms with Crippen LogP contribution in [0.2, 0.25) is 0 Å². The molecule has 78 valence electrons. The third-order valence-electron chi connectivity index (χ3n) is 2.16. The van der Waals surface area contributed by atoms with Crippen LogP contribution in [-0.4, -0.2) is 17.3 Å². The van der Waals surface area contributed by atoms with Crippen molar-refractivity contribution in [2.75, 3.05) is 7.11 Å². The number of benzene rings is 2. The molecule has 0 saturated heterocycles. The van der Waals surface area contributed by atoms with E-state index < -0.39 is 0 Å². The molecule has 0 fully saturated rings. The van der Waals surface area contributed by atoms with Gasteiger partial charge in [0.25, 0.3) is 0 Å². The predicted molar refractivity (Wildman–Crippen MR) is 61.3 cm³/mol. The molecule has 2 N–H and O–H groups in total. The van der Waals surface area contributed by atoms with Crippen molar-refractivity contribution in [1.29, 1.82) is 0 Å². The average molecular weight is 223 g/mol. The Labute approximate surface area is 91.5 Å². The van der Waals surface area contributed by atoms with Crippen LogP contribution in [-0.2, 0) is 16.2 Å². The van der Waals surface area contributed by atoms with Gasteiger partial charge in [0.1, 0.15) is 11.5 Å². The van der Waals surface area contributed by atoms with Gasteiger partial charge in [-0.05, 0) is 12.1 Å². The lowest BCUT2D eigenvalue weighted by Gasteiger charge is -2.03. The molecule has 0 spiro atoms. The molecule has 0 unspecified atom stereocenters. The van der Waals surface area contributed by atoms with Gasteiger partial charge in [-0.2, -0.15) is 4.18 Å². The van der Waals surface area contributed by atoms with Crippen LogP contribution in [0, 0.1) is 0 Å². The van der Waals surface area contributed by atoms with Gasteiger partial charge in [0.05, 0.1) is 12.5 Å². The van der Waals surface area contributed by atoms with E-state index in [1.54, 1.807) is 37.4 Å². The Bertz CT molecular complexity index is 496. The Balaban J connectivity index is 2.78. The van der Waals surface area contributed by atoms with Crippen LogP contribution in [0.4, 0.5) is 0 Å². The quantitative estimate of drug-likeness (QED) is 0.604. The number of fused-ring (bicyclic) bond motifs is 1. The van der Waals surface area contributed by atoms with E-state index in [0.717, 1.165) is 4.90 Å². The maximum absolute atomic E-state index is 9.73. The van der Waals surface area contributed by atoms with Gasteiger partial charge in [0.15, 0.2) is 16.9 Å². The maximum Gasteiger partial charge on any atom is 0.199 e. The van der Waals surface area contributed by atoms with Crippen LogP contribution in [0.15, 0.2) is 35.2 Å². The van der Waals surface area contributed by atoms with Gasteiger partial charge in [0, 0.05) is 11.5 Å². The van der Waals surface area contributed by atoms with Gasteiger partial charge in [-0.25, -0.2) is 0 Å². The Hall–Kier alpha value is -1.39. The first-order valence-electron chi connectivity index (χ1n) is 4.42. The summed E-state index contributed by atoms with van der Waals surface area (Å²) >= 11 is 0.660. The van der Waals surface area contributed by atoms with Crippen molar-refractivity contribution in [1.82, 2.24) is 0 Å².